The van der Waals surface area contributed by atoms with Crippen molar-refractivity contribution in [3.63, 3.8) is 0 Å². The van der Waals surface area contributed by atoms with Crippen LogP contribution >= 0.6 is 0 Å². The lowest BCUT2D eigenvalue weighted by Gasteiger charge is -2.36. The van der Waals surface area contributed by atoms with Crippen LogP contribution in [0.1, 0.15) is 48.5 Å². The van der Waals surface area contributed by atoms with Crippen LogP contribution in [0.5, 0.6) is 5.75 Å². The standard InChI is InChI=1S/C24H34N4O4/c1-6-31-20-10-8-7-9-19(20)23(29)26-22(16(2)3)24(30)28-13-11-27(12-14-28)15-21-25-17(4)18(5)32-21/h7-10,16,22H,6,11-15H2,1-5H3,(H,26,29). The summed E-state index contributed by atoms with van der Waals surface area (Å²) in [5.41, 5.74) is 1.35. The minimum Gasteiger partial charge on any atom is -0.493 e. The van der Waals surface area contributed by atoms with Gasteiger partial charge in [0.2, 0.25) is 11.8 Å². The fourth-order valence-corrected chi connectivity index (χ4v) is 3.79. The van der Waals surface area contributed by atoms with Crippen LogP contribution in [-0.4, -0.2) is 65.4 Å². The highest BCUT2D eigenvalue weighted by Crippen LogP contribution is 2.19. The quantitative estimate of drug-likeness (QED) is 0.676. The van der Waals surface area contributed by atoms with E-state index < -0.39 is 6.04 Å². The summed E-state index contributed by atoms with van der Waals surface area (Å²) < 4.78 is 11.3. The maximum Gasteiger partial charge on any atom is 0.255 e. The smallest absolute Gasteiger partial charge is 0.255 e. The van der Waals surface area contributed by atoms with E-state index in [1.807, 2.05) is 45.6 Å². The molecule has 2 amide bonds. The molecule has 0 spiro atoms. The Labute approximate surface area is 189 Å². The molecule has 1 fully saturated rings. The molecule has 1 saturated heterocycles. The molecule has 0 radical (unpaired) electrons. The van der Waals surface area contributed by atoms with Gasteiger partial charge in [0.05, 0.1) is 24.4 Å². The van der Waals surface area contributed by atoms with E-state index in [0.717, 1.165) is 24.5 Å². The third kappa shape index (κ3) is 5.68. The van der Waals surface area contributed by atoms with Gasteiger partial charge < -0.3 is 19.4 Å². The number of nitrogens with zero attached hydrogens (tertiary/aromatic N) is 3. The van der Waals surface area contributed by atoms with E-state index in [0.29, 0.717) is 43.4 Å². The first kappa shape index (κ1) is 23.8. The average Bonchev–Trinajstić information content (AvgIpc) is 3.09. The second-order valence-electron chi connectivity index (χ2n) is 8.47. The molecule has 0 aliphatic carbocycles. The van der Waals surface area contributed by atoms with Crippen molar-refractivity contribution in [1.82, 2.24) is 20.1 Å². The number of para-hydroxylation sites is 1. The van der Waals surface area contributed by atoms with E-state index in [1.54, 1.807) is 18.2 Å². The van der Waals surface area contributed by atoms with E-state index >= 15 is 0 Å². The van der Waals surface area contributed by atoms with Crippen LogP contribution in [0.2, 0.25) is 0 Å². The first-order chi connectivity index (χ1) is 15.3. The number of oxazole rings is 1. The number of rotatable bonds is 8. The first-order valence-corrected chi connectivity index (χ1v) is 11.3. The Balaban J connectivity index is 1.60. The number of aromatic nitrogens is 1. The Morgan fingerprint density at radius 1 is 1.16 bits per heavy atom. The Kier molecular flexibility index (Phi) is 7.90. The molecule has 8 heteroatoms. The van der Waals surface area contributed by atoms with Gasteiger partial charge >= 0.3 is 0 Å². The fourth-order valence-electron chi connectivity index (χ4n) is 3.79. The van der Waals surface area contributed by atoms with Gasteiger partial charge in [-0.05, 0) is 38.8 Å². The minimum absolute atomic E-state index is 0.0398. The largest absolute Gasteiger partial charge is 0.493 e. The van der Waals surface area contributed by atoms with Crippen LogP contribution in [0.15, 0.2) is 28.7 Å². The van der Waals surface area contributed by atoms with Gasteiger partial charge in [-0.3, -0.25) is 14.5 Å². The number of amides is 2. The van der Waals surface area contributed by atoms with E-state index in [-0.39, 0.29) is 17.7 Å². The molecule has 2 aromatic rings. The molecular formula is C24H34N4O4. The summed E-state index contributed by atoms with van der Waals surface area (Å²) in [6, 6.07) is 6.50. The number of ether oxygens (including phenoxy) is 1. The van der Waals surface area contributed by atoms with E-state index in [2.05, 4.69) is 15.2 Å². The Bertz CT molecular complexity index is 912. The number of aryl methyl sites for hydroxylation is 2. The molecule has 2 heterocycles. The van der Waals surface area contributed by atoms with E-state index in [4.69, 9.17) is 9.15 Å². The number of nitrogens with one attached hydrogen (secondary N) is 1. The Morgan fingerprint density at radius 2 is 1.84 bits per heavy atom. The monoisotopic (exact) mass is 442 g/mol. The van der Waals surface area contributed by atoms with Gasteiger partial charge in [-0.15, -0.1) is 0 Å². The number of carbonyl (C=O) groups excluding carboxylic acids is 2. The third-order valence-corrected chi connectivity index (χ3v) is 5.77. The van der Waals surface area contributed by atoms with Crippen LogP contribution in [0.3, 0.4) is 0 Å². The van der Waals surface area contributed by atoms with Crippen LogP contribution in [0, 0.1) is 19.8 Å². The predicted molar refractivity (Wildman–Crippen MR) is 122 cm³/mol. The molecule has 1 N–H and O–H groups in total. The number of carbonyl (C=O) groups is 2. The summed E-state index contributed by atoms with van der Waals surface area (Å²) in [7, 11) is 0. The SMILES string of the molecule is CCOc1ccccc1C(=O)NC(C(=O)N1CCN(Cc2nc(C)c(C)o2)CC1)C(C)C. The molecule has 1 aliphatic heterocycles. The number of hydrogen-bond acceptors (Lipinski definition) is 6. The summed E-state index contributed by atoms with van der Waals surface area (Å²) in [5, 5.41) is 2.94. The van der Waals surface area contributed by atoms with Crippen molar-refractivity contribution in [1.29, 1.82) is 0 Å². The van der Waals surface area contributed by atoms with E-state index in [1.165, 1.54) is 0 Å². The molecule has 0 saturated carbocycles. The second-order valence-corrected chi connectivity index (χ2v) is 8.47. The van der Waals surface area contributed by atoms with Crippen molar-refractivity contribution in [3.8, 4) is 5.75 Å². The van der Waals surface area contributed by atoms with Gasteiger partial charge in [0, 0.05) is 26.2 Å². The summed E-state index contributed by atoms with van der Waals surface area (Å²) in [6.07, 6.45) is 0. The molecule has 174 valence electrons. The highest BCUT2D eigenvalue weighted by atomic mass is 16.5. The molecule has 0 bridgehead atoms. The Morgan fingerprint density at radius 3 is 2.44 bits per heavy atom. The van der Waals surface area contributed by atoms with Gasteiger partial charge in [0.15, 0.2) is 0 Å². The molecule has 3 rings (SSSR count). The highest BCUT2D eigenvalue weighted by Gasteiger charge is 2.31. The topological polar surface area (TPSA) is 87.9 Å². The van der Waals surface area contributed by atoms with Crippen molar-refractivity contribution in [3.05, 3.63) is 47.2 Å². The lowest BCUT2D eigenvalue weighted by molar-refractivity contribution is -0.136. The van der Waals surface area contributed by atoms with Crippen molar-refractivity contribution in [2.24, 2.45) is 5.92 Å². The van der Waals surface area contributed by atoms with Gasteiger partial charge in [-0.25, -0.2) is 4.98 Å². The fraction of sp³-hybridized carbons (Fsp3) is 0.542. The van der Waals surface area contributed by atoms with E-state index in [9.17, 15) is 9.59 Å². The highest BCUT2D eigenvalue weighted by molar-refractivity contribution is 5.99. The molecule has 1 aliphatic rings. The van der Waals surface area contributed by atoms with Crippen LogP contribution in [0.4, 0.5) is 0 Å². The summed E-state index contributed by atoms with van der Waals surface area (Å²) in [4.78, 5) is 34.7. The van der Waals surface area contributed by atoms with Crippen molar-refractivity contribution < 1.29 is 18.7 Å². The van der Waals surface area contributed by atoms with Crippen LogP contribution in [-0.2, 0) is 11.3 Å². The van der Waals surface area contributed by atoms with Gasteiger partial charge in [0.1, 0.15) is 17.6 Å². The lowest BCUT2D eigenvalue weighted by Crippen LogP contribution is -2.56. The molecule has 8 nitrogen and oxygen atoms in total. The summed E-state index contributed by atoms with van der Waals surface area (Å²) >= 11 is 0. The minimum atomic E-state index is -0.597. The first-order valence-electron chi connectivity index (χ1n) is 11.3. The predicted octanol–water partition coefficient (Wildman–Crippen LogP) is 2.79. The van der Waals surface area contributed by atoms with Crippen LogP contribution < -0.4 is 10.1 Å². The molecule has 1 aromatic carbocycles. The summed E-state index contributed by atoms with van der Waals surface area (Å²) in [6.45, 7) is 13.4. The van der Waals surface area contributed by atoms with Gasteiger partial charge in [-0.1, -0.05) is 26.0 Å². The average molecular weight is 443 g/mol. The van der Waals surface area contributed by atoms with Gasteiger partial charge in [-0.2, -0.15) is 0 Å². The maximum absolute atomic E-state index is 13.3. The number of benzene rings is 1. The maximum atomic E-state index is 13.3. The Hall–Kier alpha value is -2.87. The molecule has 1 atom stereocenters. The lowest BCUT2D eigenvalue weighted by atomic mass is 10.0. The van der Waals surface area contributed by atoms with Crippen molar-refractivity contribution in [2.75, 3.05) is 32.8 Å². The third-order valence-electron chi connectivity index (χ3n) is 5.77. The zero-order chi connectivity index (χ0) is 23.3. The van der Waals surface area contributed by atoms with Crippen molar-refractivity contribution >= 4 is 11.8 Å². The molecule has 32 heavy (non-hydrogen) atoms. The van der Waals surface area contributed by atoms with Gasteiger partial charge in [0.25, 0.3) is 5.91 Å². The molecule has 1 unspecified atom stereocenters. The zero-order valence-corrected chi connectivity index (χ0v) is 19.7. The molecule has 1 aromatic heterocycles. The number of piperazine rings is 1. The van der Waals surface area contributed by atoms with Crippen LogP contribution in [0.25, 0.3) is 0 Å². The zero-order valence-electron chi connectivity index (χ0n) is 19.7. The molecular weight excluding hydrogens is 408 g/mol. The second kappa shape index (κ2) is 10.6. The number of hydrogen-bond donors (Lipinski definition) is 1. The van der Waals surface area contributed by atoms with Crippen molar-refractivity contribution in [2.45, 2.75) is 47.2 Å². The summed E-state index contributed by atoms with van der Waals surface area (Å²) in [5.74, 6) is 1.68. The normalized spacial score (nSPS) is 15.6.